The summed E-state index contributed by atoms with van der Waals surface area (Å²) in [6.45, 7) is 1.52. The number of rotatable bonds is 5. The van der Waals surface area contributed by atoms with Gasteiger partial charge in [-0.15, -0.1) is 11.8 Å². The van der Waals surface area contributed by atoms with Gasteiger partial charge in [0.2, 0.25) is 0 Å². The molecule has 1 atom stereocenters. The highest BCUT2D eigenvalue weighted by atomic mass is 35.5. The zero-order valence-corrected chi connectivity index (χ0v) is 12.9. The molecule has 0 bridgehead atoms. The first-order chi connectivity index (χ1) is 10.0. The summed E-state index contributed by atoms with van der Waals surface area (Å²) in [5, 5.41) is 0.629. The van der Waals surface area contributed by atoms with Crippen LogP contribution in [-0.2, 0) is 0 Å². The van der Waals surface area contributed by atoms with Gasteiger partial charge in [-0.1, -0.05) is 29.8 Å². The van der Waals surface area contributed by atoms with Crippen molar-refractivity contribution < 1.29 is 8.78 Å². The summed E-state index contributed by atoms with van der Waals surface area (Å²) >= 11 is 7.38. The zero-order valence-electron chi connectivity index (χ0n) is 11.4. The van der Waals surface area contributed by atoms with Crippen molar-refractivity contribution in [3.05, 3.63) is 64.2 Å². The molecule has 0 aliphatic carbocycles. The summed E-state index contributed by atoms with van der Waals surface area (Å²) in [7, 11) is 0. The van der Waals surface area contributed by atoms with E-state index < -0.39 is 17.7 Å². The number of benzene rings is 2. The van der Waals surface area contributed by atoms with Crippen LogP contribution >= 0.6 is 23.4 Å². The van der Waals surface area contributed by atoms with Crippen LogP contribution in [0.25, 0.3) is 0 Å². The Kier molecular flexibility index (Phi) is 5.58. The number of nitrogens with one attached hydrogen (secondary N) is 1. The average molecular weight is 329 g/mol. The van der Waals surface area contributed by atoms with Gasteiger partial charge in [0.15, 0.2) is 11.6 Å². The van der Waals surface area contributed by atoms with Crippen molar-refractivity contribution in [1.82, 2.24) is 5.43 Å². The highest BCUT2D eigenvalue weighted by molar-refractivity contribution is 7.99. The van der Waals surface area contributed by atoms with Crippen LogP contribution in [0.3, 0.4) is 0 Å². The number of aryl methyl sites for hydroxylation is 1. The van der Waals surface area contributed by atoms with E-state index in [4.69, 9.17) is 17.4 Å². The molecule has 0 spiro atoms. The van der Waals surface area contributed by atoms with E-state index in [-0.39, 0.29) is 11.1 Å². The Morgan fingerprint density at radius 3 is 2.67 bits per heavy atom. The Morgan fingerprint density at radius 2 is 2.00 bits per heavy atom. The smallest absolute Gasteiger partial charge is 0.163 e. The third-order valence-corrected chi connectivity index (χ3v) is 4.42. The van der Waals surface area contributed by atoms with E-state index in [0.29, 0.717) is 10.8 Å². The van der Waals surface area contributed by atoms with Crippen molar-refractivity contribution in [2.45, 2.75) is 17.9 Å². The van der Waals surface area contributed by atoms with Crippen LogP contribution < -0.4 is 11.3 Å². The number of hydrogen-bond acceptors (Lipinski definition) is 3. The molecule has 0 aliphatic rings. The van der Waals surface area contributed by atoms with Crippen molar-refractivity contribution in [1.29, 1.82) is 0 Å². The van der Waals surface area contributed by atoms with Gasteiger partial charge in [-0.2, -0.15) is 0 Å². The molecule has 3 N–H and O–H groups in total. The largest absolute Gasteiger partial charge is 0.271 e. The molecule has 0 aliphatic heterocycles. The van der Waals surface area contributed by atoms with Gasteiger partial charge in [0.05, 0.1) is 6.04 Å². The lowest BCUT2D eigenvalue weighted by molar-refractivity contribution is 0.474. The van der Waals surface area contributed by atoms with Crippen LogP contribution in [0.5, 0.6) is 0 Å². The number of hydrogen-bond donors (Lipinski definition) is 2. The Labute approximate surface area is 131 Å². The van der Waals surface area contributed by atoms with Gasteiger partial charge in [-0.3, -0.25) is 11.3 Å². The summed E-state index contributed by atoms with van der Waals surface area (Å²) in [4.78, 5) is 0.941. The van der Waals surface area contributed by atoms with E-state index in [1.165, 1.54) is 18.7 Å². The van der Waals surface area contributed by atoms with Crippen molar-refractivity contribution in [2.75, 3.05) is 5.75 Å². The molecule has 0 fully saturated rings. The van der Waals surface area contributed by atoms with Crippen molar-refractivity contribution >= 4 is 23.4 Å². The van der Waals surface area contributed by atoms with E-state index in [1.807, 2.05) is 18.2 Å². The van der Waals surface area contributed by atoms with Gasteiger partial charge in [-0.25, -0.2) is 8.78 Å². The minimum atomic E-state index is -0.857. The third-order valence-electron chi connectivity index (χ3n) is 3.09. The fraction of sp³-hybridized carbons (Fsp3) is 0.200. The number of hydrazine groups is 1. The van der Waals surface area contributed by atoms with Gasteiger partial charge in [0.25, 0.3) is 0 Å². The molecule has 0 aromatic heterocycles. The molecule has 112 valence electrons. The van der Waals surface area contributed by atoms with Crippen molar-refractivity contribution in [3.8, 4) is 0 Å². The zero-order chi connectivity index (χ0) is 15.4. The van der Waals surface area contributed by atoms with Crippen LogP contribution in [0.4, 0.5) is 8.78 Å². The first-order valence-electron chi connectivity index (χ1n) is 6.32. The molecule has 0 radical (unpaired) electrons. The standard InChI is InChI=1S/C15H15ClF2N2S/c1-9-5-6-12(15(18)14(9)17)13(20-19)8-21-11-4-2-3-10(16)7-11/h2-7,13,20H,8,19H2,1H3. The fourth-order valence-electron chi connectivity index (χ4n) is 1.89. The Hall–Kier alpha value is -1.14. The minimum Gasteiger partial charge on any atom is -0.271 e. The summed E-state index contributed by atoms with van der Waals surface area (Å²) in [6.07, 6.45) is 0. The van der Waals surface area contributed by atoms with Crippen LogP contribution in [-0.4, -0.2) is 5.75 Å². The van der Waals surface area contributed by atoms with E-state index in [2.05, 4.69) is 5.43 Å². The summed E-state index contributed by atoms with van der Waals surface area (Å²) in [6, 6.07) is 9.92. The maximum Gasteiger partial charge on any atom is 0.163 e. The Morgan fingerprint density at radius 1 is 1.24 bits per heavy atom. The molecule has 2 aromatic carbocycles. The number of nitrogens with two attached hydrogens (primary N) is 1. The summed E-state index contributed by atoms with van der Waals surface area (Å²) in [5.74, 6) is 4.24. The maximum atomic E-state index is 14.0. The quantitative estimate of drug-likeness (QED) is 0.490. The average Bonchev–Trinajstić information content (AvgIpc) is 2.47. The molecular formula is C15H15ClF2N2S. The van der Waals surface area contributed by atoms with E-state index in [9.17, 15) is 8.78 Å². The normalized spacial score (nSPS) is 12.4. The van der Waals surface area contributed by atoms with Crippen LogP contribution in [0.2, 0.25) is 5.02 Å². The molecule has 2 nitrogen and oxygen atoms in total. The van der Waals surface area contributed by atoms with Crippen LogP contribution in [0.1, 0.15) is 17.2 Å². The SMILES string of the molecule is Cc1ccc(C(CSc2cccc(Cl)c2)NN)c(F)c1F. The highest BCUT2D eigenvalue weighted by Gasteiger charge is 2.19. The molecular weight excluding hydrogens is 314 g/mol. The van der Waals surface area contributed by atoms with Crippen LogP contribution in [0, 0.1) is 18.6 Å². The first kappa shape index (κ1) is 16.2. The molecule has 2 rings (SSSR count). The summed E-state index contributed by atoms with van der Waals surface area (Å²) < 4.78 is 27.6. The number of thioether (sulfide) groups is 1. The van der Waals surface area contributed by atoms with Gasteiger partial charge in [0, 0.05) is 21.2 Å². The molecule has 0 saturated carbocycles. The van der Waals surface area contributed by atoms with E-state index >= 15 is 0 Å². The summed E-state index contributed by atoms with van der Waals surface area (Å²) in [5.41, 5.74) is 3.02. The van der Waals surface area contributed by atoms with Crippen molar-refractivity contribution in [3.63, 3.8) is 0 Å². The Balaban J connectivity index is 2.15. The van der Waals surface area contributed by atoms with E-state index in [1.54, 1.807) is 18.2 Å². The predicted octanol–water partition coefficient (Wildman–Crippen LogP) is 4.22. The second-order valence-electron chi connectivity index (χ2n) is 4.59. The molecule has 2 aromatic rings. The second-order valence-corrected chi connectivity index (χ2v) is 6.12. The first-order valence-corrected chi connectivity index (χ1v) is 7.68. The molecule has 6 heteroatoms. The molecule has 0 heterocycles. The number of halogens is 3. The molecule has 0 amide bonds. The topological polar surface area (TPSA) is 38.0 Å². The van der Waals surface area contributed by atoms with Gasteiger partial charge < -0.3 is 0 Å². The lowest BCUT2D eigenvalue weighted by atomic mass is 10.1. The van der Waals surface area contributed by atoms with Crippen LogP contribution in [0.15, 0.2) is 41.3 Å². The minimum absolute atomic E-state index is 0.218. The fourth-order valence-corrected chi connectivity index (χ4v) is 3.17. The van der Waals surface area contributed by atoms with Gasteiger partial charge >= 0.3 is 0 Å². The second kappa shape index (κ2) is 7.22. The van der Waals surface area contributed by atoms with E-state index in [0.717, 1.165) is 4.90 Å². The maximum absolute atomic E-state index is 14.0. The third kappa shape index (κ3) is 3.95. The monoisotopic (exact) mass is 328 g/mol. The lowest BCUT2D eigenvalue weighted by Gasteiger charge is -2.17. The van der Waals surface area contributed by atoms with Gasteiger partial charge in [0.1, 0.15) is 0 Å². The van der Waals surface area contributed by atoms with Gasteiger partial charge in [-0.05, 0) is 30.7 Å². The predicted molar refractivity (Wildman–Crippen MR) is 83.3 cm³/mol. The molecule has 21 heavy (non-hydrogen) atoms. The van der Waals surface area contributed by atoms with Crippen molar-refractivity contribution in [2.24, 2.45) is 5.84 Å². The molecule has 0 saturated heterocycles. The molecule has 1 unspecified atom stereocenters. The highest BCUT2D eigenvalue weighted by Crippen LogP contribution is 2.28. The lowest BCUT2D eigenvalue weighted by Crippen LogP contribution is -2.30. The Bertz CT molecular complexity index is 637.